The van der Waals surface area contributed by atoms with Crippen LogP contribution < -0.4 is 0 Å². The van der Waals surface area contributed by atoms with Gasteiger partial charge in [-0.2, -0.15) is 0 Å². The normalized spacial score (nSPS) is 14.3. The summed E-state index contributed by atoms with van der Waals surface area (Å²) in [4.78, 5) is 11.6. The van der Waals surface area contributed by atoms with Crippen LogP contribution in [0.15, 0.2) is 36.9 Å². The van der Waals surface area contributed by atoms with Crippen LogP contribution in [0.1, 0.15) is 23.7 Å². The first-order valence-electron chi connectivity index (χ1n) is 4.57. The molecular weight excluding hydrogens is 198 g/mol. The maximum absolute atomic E-state index is 13.8. The van der Waals surface area contributed by atoms with Gasteiger partial charge in [0.05, 0.1) is 0 Å². The van der Waals surface area contributed by atoms with E-state index in [1.54, 1.807) is 0 Å². The van der Waals surface area contributed by atoms with Crippen LogP contribution in [0.4, 0.5) is 8.78 Å². The van der Waals surface area contributed by atoms with Crippen LogP contribution in [0.25, 0.3) is 0 Å². The smallest absolute Gasteiger partial charge is 0.200 e. The Bertz CT molecular complexity index is 366. The number of hydrogen-bond donors (Lipinski definition) is 0. The number of carbonyl (C=O) groups excluding carboxylic acids is 1. The second kappa shape index (κ2) is 4.34. The molecule has 0 bridgehead atoms. The van der Waals surface area contributed by atoms with Gasteiger partial charge in [0.15, 0.2) is 11.5 Å². The summed E-state index contributed by atoms with van der Waals surface area (Å²) in [6, 6.07) is 4.83. The van der Waals surface area contributed by atoms with Gasteiger partial charge in [-0.15, -0.1) is 6.58 Å². The molecule has 1 aromatic carbocycles. The van der Waals surface area contributed by atoms with Crippen molar-refractivity contribution in [2.24, 2.45) is 0 Å². The maximum atomic E-state index is 13.8. The molecule has 0 fully saturated rings. The van der Waals surface area contributed by atoms with Crippen molar-refractivity contribution < 1.29 is 13.6 Å². The van der Waals surface area contributed by atoms with Gasteiger partial charge >= 0.3 is 0 Å². The SMILES string of the molecule is C=CCC(C)(F)C(=O)c1ccc(F)cc1. The molecule has 0 aliphatic heterocycles. The number of carbonyl (C=O) groups is 1. The van der Waals surface area contributed by atoms with Crippen molar-refractivity contribution in [1.29, 1.82) is 0 Å². The molecule has 1 atom stereocenters. The number of alkyl halides is 1. The van der Waals surface area contributed by atoms with E-state index in [0.717, 1.165) is 12.1 Å². The van der Waals surface area contributed by atoms with Gasteiger partial charge in [0.1, 0.15) is 5.82 Å². The molecular formula is C12H12F2O. The molecule has 80 valence electrons. The van der Waals surface area contributed by atoms with Crippen molar-refractivity contribution >= 4 is 5.78 Å². The van der Waals surface area contributed by atoms with Gasteiger partial charge in [-0.25, -0.2) is 8.78 Å². The van der Waals surface area contributed by atoms with Crippen LogP contribution in [0.2, 0.25) is 0 Å². The Hall–Kier alpha value is -1.51. The summed E-state index contributed by atoms with van der Waals surface area (Å²) in [5.41, 5.74) is -1.80. The molecule has 0 N–H and O–H groups in total. The van der Waals surface area contributed by atoms with Crippen LogP contribution >= 0.6 is 0 Å². The van der Waals surface area contributed by atoms with Gasteiger partial charge in [0.2, 0.25) is 0 Å². The molecule has 1 rings (SSSR count). The Balaban J connectivity index is 2.94. The number of hydrogen-bond acceptors (Lipinski definition) is 1. The molecule has 15 heavy (non-hydrogen) atoms. The molecule has 0 amide bonds. The van der Waals surface area contributed by atoms with Crippen molar-refractivity contribution in [3.8, 4) is 0 Å². The van der Waals surface area contributed by atoms with Crippen LogP contribution in [0.3, 0.4) is 0 Å². The zero-order valence-electron chi connectivity index (χ0n) is 8.47. The highest BCUT2D eigenvalue weighted by atomic mass is 19.1. The highest BCUT2D eigenvalue weighted by molar-refractivity contribution is 6.02. The number of Topliss-reactive ketones (excluding diaryl/α,β-unsaturated/α-hetero) is 1. The third kappa shape index (κ3) is 2.72. The number of halogens is 2. The van der Waals surface area contributed by atoms with Gasteiger partial charge in [-0.05, 0) is 31.2 Å². The van der Waals surface area contributed by atoms with E-state index >= 15 is 0 Å². The lowest BCUT2D eigenvalue weighted by Gasteiger charge is -2.16. The lowest BCUT2D eigenvalue weighted by Crippen LogP contribution is -2.29. The number of allylic oxidation sites excluding steroid dienone is 1. The Morgan fingerprint density at radius 2 is 2.00 bits per heavy atom. The highest BCUT2D eigenvalue weighted by Gasteiger charge is 2.32. The van der Waals surface area contributed by atoms with E-state index in [4.69, 9.17) is 0 Å². The summed E-state index contributed by atoms with van der Waals surface area (Å²) in [6.45, 7) is 4.58. The number of rotatable bonds is 4. The average molecular weight is 210 g/mol. The molecule has 0 aliphatic carbocycles. The average Bonchev–Trinajstić information content (AvgIpc) is 2.18. The second-order valence-electron chi connectivity index (χ2n) is 3.53. The van der Waals surface area contributed by atoms with Crippen molar-refractivity contribution in [2.45, 2.75) is 19.0 Å². The van der Waals surface area contributed by atoms with E-state index in [-0.39, 0.29) is 12.0 Å². The first kappa shape index (κ1) is 11.6. The summed E-state index contributed by atoms with van der Waals surface area (Å²) in [6.07, 6.45) is 1.30. The van der Waals surface area contributed by atoms with E-state index in [2.05, 4.69) is 6.58 Å². The largest absolute Gasteiger partial charge is 0.291 e. The minimum Gasteiger partial charge on any atom is -0.291 e. The van der Waals surface area contributed by atoms with E-state index in [1.165, 1.54) is 25.1 Å². The molecule has 1 nitrogen and oxygen atoms in total. The Kier molecular flexibility index (Phi) is 3.35. The Morgan fingerprint density at radius 3 is 2.47 bits per heavy atom. The molecule has 0 spiro atoms. The quantitative estimate of drug-likeness (QED) is 0.550. The number of ketones is 1. The zero-order valence-corrected chi connectivity index (χ0v) is 8.47. The zero-order chi connectivity index (χ0) is 11.5. The molecule has 0 aromatic heterocycles. The van der Waals surface area contributed by atoms with Gasteiger partial charge in [0.25, 0.3) is 0 Å². The van der Waals surface area contributed by atoms with E-state index in [0.29, 0.717) is 0 Å². The lowest BCUT2D eigenvalue weighted by atomic mass is 9.93. The Morgan fingerprint density at radius 1 is 1.47 bits per heavy atom. The van der Waals surface area contributed by atoms with E-state index < -0.39 is 17.3 Å². The summed E-state index contributed by atoms with van der Waals surface area (Å²) in [5.74, 6) is -1.10. The fourth-order valence-corrected chi connectivity index (χ4v) is 1.27. The van der Waals surface area contributed by atoms with Gasteiger partial charge in [-0.3, -0.25) is 4.79 Å². The van der Waals surface area contributed by atoms with Gasteiger partial charge in [0, 0.05) is 12.0 Å². The summed E-state index contributed by atoms with van der Waals surface area (Å²) >= 11 is 0. The van der Waals surface area contributed by atoms with Gasteiger partial charge in [-0.1, -0.05) is 6.08 Å². The molecule has 0 saturated heterocycles. The summed E-state index contributed by atoms with van der Waals surface area (Å²) in [5, 5.41) is 0. The standard InChI is InChI=1S/C12H12F2O/c1-3-8-12(2,14)11(15)9-4-6-10(13)7-5-9/h3-7H,1,8H2,2H3. The predicted molar refractivity (Wildman–Crippen MR) is 55.1 cm³/mol. The van der Waals surface area contributed by atoms with E-state index in [9.17, 15) is 13.6 Å². The molecule has 0 radical (unpaired) electrons. The number of benzene rings is 1. The van der Waals surface area contributed by atoms with Crippen molar-refractivity contribution in [3.63, 3.8) is 0 Å². The minimum absolute atomic E-state index is 0.0524. The fraction of sp³-hybridized carbons (Fsp3) is 0.250. The first-order valence-corrected chi connectivity index (χ1v) is 4.57. The molecule has 1 aromatic rings. The van der Waals surface area contributed by atoms with Crippen LogP contribution in [-0.4, -0.2) is 11.5 Å². The molecule has 0 heterocycles. The fourth-order valence-electron chi connectivity index (χ4n) is 1.27. The lowest BCUT2D eigenvalue weighted by molar-refractivity contribution is 0.0730. The maximum Gasteiger partial charge on any atom is 0.200 e. The predicted octanol–water partition coefficient (Wildman–Crippen LogP) is 3.31. The van der Waals surface area contributed by atoms with E-state index in [1.807, 2.05) is 0 Å². The summed E-state index contributed by atoms with van der Waals surface area (Å²) in [7, 11) is 0. The van der Waals surface area contributed by atoms with Crippen molar-refractivity contribution in [2.75, 3.05) is 0 Å². The minimum atomic E-state index is -1.97. The van der Waals surface area contributed by atoms with Crippen molar-refractivity contribution in [1.82, 2.24) is 0 Å². The highest BCUT2D eigenvalue weighted by Crippen LogP contribution is 2.22. The van der Waals surface area contributed by atoms with Crippen LogP contribution in [0.5, 0.6) is 0 Å². The van der Waals surface area contributed by atoms with Crippen LogP contribution in [0, 0.1) is 5.82 Å². The third-order valence-corrected chi connectivity index (χ3v) is 2.11. The third-order valence-electron chi connectivity index (χ3n) is 2.11. The Labute approximate surface area is 87.4 Å². The second-order valence-corrected chi connectivity index (χ2v) is 3.53. The molecule has 0 saturated carbocycles. The van der Waals surface area contributed by atoms with Gasteiger partial charge < -0.3 is 0 Å². The molecule has 0 aliphatic rings. The van der Waals surface area contributed by atoms with Crippen LogP contribution in [-0.2, 0) is 0 Å². The molecule has 3 heteroatoms. The topological polar surface area (TPSA) is 17.1 Å². The van der Waals surface area contributed by atoms with Crippen molar-refractivity contribution in [3.05, 3.63) is 48.3 Å². The first-order chi connectivity index (χ1) is 6.97. The monoisotopic (exact) mass is 210 g/mol. The summed E-state index contributed by atoms with van der Waals surface area (Å²) < 4.78 is 26.3. The molecule has 1 unspecified atom stereocenters.